The van der Waals surface area contributed by atoms with E-state index in [9.17, 15) is 4.79 Å². The molecule has 1 aromatic rings. The first kappa shape index (κ1) is 20.6. The fourth-order valence-corrected chi connectivity index (χ4v) is 3.90. The maximum atomic E-state index is 12.1. The molecule has 2 aliphatic heterocycles. The molecule has 0 aliphatic carbocycles. The number of nitrogens with zero attached hydrogens (tertiary/aromatic N) is 3. The van der Waals surface area contributed by atoms with Gasteiger partial charge in [0, 0.05) is 38.8 Å². The van der Waals surface area contributed by atoms with Crippen LogP contribution in [0.1, 0.15) is 26.3 Å². The molecule has 1 aromatic carbocycles. The van der Waals surface area contributed by atoms with Crippen molar-refractivity contribution in [3.05, 3.63) is 35.9 Å². The number of nitrogens with one attached hydrogen (secondary N) is 2. The molecule has 0 aromatic heterocycles. The summed E-state index contributed by atoms with van der Waals surface area (Å²) in [5.41, 5.74) is 1.08. The van der Waals surface area contributed by atoms with Gasteiger partial charge in [-0.3, -0.25) is 14.7 Å². The quantitative estimate of drug-likeness (QED) is 0.597. The van der Waals surface area contributed by atoms with Crippen LogP contribution in [0, 0.1) is 0 Å². The molecule has 2 saturated heterocycles. The van der Waals surface area contributed by atoms with E-state index in [4.69, 9.17) is 4.74 Å². The van der Waals surface area contributed by atoms with Gasteiger partial charge in [-0.1, -0.05) is 30.3 Å². The fourth-order valence-electron chi connectivity index (χ4n) is 3.90. The molecule has 7 heteroatoms. The van der Waals surface area contributed by atoms with E-state index in [0.29, 0.717) is 6.04 Å². The van der Waals surface area contributed by atoms with Crippen LogP contribution in [0.5, 0.6) is 0 Å². The average molecular weight is 388 g/mol. The molecule has 2 heterocycles. The first-order valence-electron chi connectivity index (χ1n) is 10.0. The number of amides is 1. The van der Waals surface area contributed by atoms with E-state index >= 15 is 0 Å². The molecule has 0 spiro atoms. The normalized spacial score (nSPS) is 23.4. The average Bonchev–Trinajstić information content (AvgIpc) is 3.07. The fraction of sp³-hybridized carbons (Fsp3) is 0.619. The van der Waals surface area contributed by atoms with Crippen LogP contribution in [-0.2, 0) is 16.1 Å². The lowest BCUT2D eigenvalue weighted by Gasteiger charge is -2.36. The predicted octanol–water partition coefficient (Wildman–Crippen LogP) is 1.06. The summed E-state index contributed by atoms with van der Waals surface area (Å²) in [7, 11) is 1.76. The van der Waals surface area contributed by atoms with Crippen LogP contribution in [0.2, 0.25) is 0 Å². The Morgan fingerprint density at radius 3 is 2.68 bits per heavy atom. The molecule has 0 bridgehead atoms. The molecule has 0 saturated carbocycles. The molecule has 28 heavy (non-hydrogen) atoms. The number of likely N-dealkylation sites (tertiary alicyclic amines) is 1. The van der Waals surface area contributed by atoms with Crippen LogP contribution in [0.15, 0.2) is 35.3 Å². The molecule has 2 N–H and O–H groups in total. The highest BCUT2D eigenvalue weighted by atomic mass is 16.5. The molecule has 154 valence electrons. The zero-order chi connectivity index (χ0) is 20.1. The Morgan fingerprint density at radius 2 is 2.00 bits per heavy atom. The minimum atomic E-state index is -0.239. The van der Waals surface area contributed by atoms with Gasteiger partial charge in [0.25, 0.3) is 0 Å². The number of ether oxygens (including phenoxy) is 1. The van der Waals surface area contributed by atoms with E-state index < -0.39 is 0 Å². The molecule has 2 fully saturated rings. The highest BCUT2D eigenvalue weighted by molar-refractivity contribution is 5.87. The monoisotopic (exact) mass is 387 g/mol. The van der Waals surface area contributed by atoms with Gasteiger partial charge in [-0.15, -0.1) is 0 Å². The van der Waals surface area contributed by atoms with Crippen molar-refractivity contribution < 1.29 is 9.53 Å². The van der Waals surface area contributed by atoms with Gasteiger partial charge in [0.1, 0.15) is 0 Å². The minimum absolute atomic E-state index is 0.0350. The predicted molar refractivity (Wildman–Crippen MR) is 111 cm³/mol. The van der Waals surface area contributed by atoms with Crippen LogP contribution in [0.4, 0.5) is 0 Å². The first-order chi connectivity index (χ1) is 13.4. The van der Waals surface area contributed by atoms with Crippen LogP contribution in [-0.4, -0.2) is 79.2 Å². The Morgan fingerprint density at radius 1 is 1.25 bits per heavy atom. The maximum absolute atomic E-state index is 12.1. The second-order valence-corrected chi connectivity index (χ2v) is 8.54. The number of carbonyl (C=O) groups excluding carboxylic acids is 1. The number of hydrogen-bond donors (Lipinski definition) is 2. The number of rotatable bonds is 4. The van der Waals surface area contributed by atoms with E-state index in [1.54, 1.807) is 7.05 Å². The lowest BCUT2D eigenvalue weighted by molar-refractivity contribution is -0.121. The summed E-state index contributed by atoms with van der Waals surface area (Å²) < 4.78 is 6.04. The molecular weight excluding hydrogens is 354 g/mol. The topological polar surface area (TPSA) is 69.2 Å². The summed E-state index contributed by atoms with van der Waals surface area (Å²) >= 11 is 0. The second-order valence-electron chi connectivity index (χ2n) is 8.54. The van der Waals surface area contributed by atoms with Crippen molar-refractivity contribution in [3.63, 3.8) is 0 Å². The Hall–Kier alpha value is -2.12. The second kappa shape index (κ2) is 8.92. The molecule has 2 unspecified atom stereocenters. The van der Waals surface area contributed by atoms with Crippen molar-refractivity contribution in [3.8, 4) is 0 Å². The van der Waals surface area contributed by atoms with Crippen molar-refractivity contribution >= 4 is 11.9 Å². The lowest BCUT2D eigenvalue weighted by atomic mass is 10.1. The van der Waals surface area contributed by atoms with Crippen molar-refractivity contribution in [1.82, 2.24) is 20.4 Å². The zero-order valence-electron chi connectivity index (χ0n) is 17.4. The molecular formula is C21H33N5O2. The lowest BCUT2D eigenvalue weighted by Crippen LogP contribution is -2.50. The van der Waals surface area contributed by atoms with E-state index in [2.05, 4.69) is 49.7 Å². The smallest absolute Gasteiger partial charge is 0.239 e. The third kappa shape index (κ3) is 5.45. The number of carbonyl (C=O) groups is 1. The van der Waals surface area contributed by atoms with Gasteiger partial charge in [0.05, 0.1) is 25.3 Å². The highest BCUT2D eigenvalue weighted by Gasteiger charge is 2.41. The summed E-state index contributed by atoms with van der Waals surface area (Å²) in [5.74, 6) is 0.717. The largest absolute Gasteiger partial charge is 0.373 e. The molecule has 3 rings (SSSR count). The Labute approximate surface area is 168 Å². The summed E-state index contributed by atoms with van der Waals surface area (Å²) in [6.07, 6.45) is 0.166. The minimum Gasteiger partial charge on any atom is -0.373 e. The van der Waals surface area contributed by atoms with Crippen LogP contribution in [0.25, 0.3) is 0 Å². The number of aliphatic imine (C=N–C) groups is 1. The molecule has 0 radical (unpaired) electrons. The van der Waals surface area contributed by atoms with Gasteiger partial charge >= 0.3 is 0 Å². The Kier molecular flexibility index (Phi) is 6.57. The number of morpholine rings is 1. The zero-order valence-corrected chi connectivity index (χ0v) is 17.4. The number of guanidine groups is 1. The summed E-state index contributed by atoms with van der Waals surface area (Å²) in [5, 5.41) is 6.16. The first-order valence-corrected chi connectivity index (χ1v) is 10.0. The third-order valence-electron chi connectivity index (χ3n) is 5.08. The van der Waals surface area contributed by atoms with Crippen molar-refractivity contribution in [2.45, 2.75) is 45.0 Å². The Balaban J connectivity index is 1.58. The van der Waals surface area contributed by atoms with E-state index in [1.165, 1.54) is 5.56 Å². The number of benzene rings is 1. The summed E-state index contributed by atoms with van der Waals surface area (Å²) in [6, 6.07) is 10.9. The van der Waals surface area contributed by atoms with Crippen LogP contribution in [0.3, 0.4) is 0 Å². The maximum Gasteiger partial charge on any atom is 0.239 e. The standard InChI is InChI=1S/C21H33N5O2/c1-21(2,3)24-19(27)12-23-20(22-4)26-14-17-18(15-26)28-11-10-25(17)13-16-8-6-5-7-9-16/h5-9,17-18H,10-15H2,1-4H3,(H,22,23)(H,24,27). The molecule has 2 atom stereocenters. The third-order valence-corrected chi connectivity index (χ3v) is 5.08. The Bertz CT molecular complexity index is 686. The van der Waals surface area contributed by atoms with Gasteiger partial charge < -0.3 is 20.3 Å². The van der Waals surface area contributed by atoms with Crippen molar-refractivity contribution in [1.29, 1.82) is 0 Å². The van der Waals surface area contributed by atoms with Gasteiger partial charge in [-0.05, 0) is 26.3 Å². The van der Waals surface area contributed by atoms with Crippen LogP contribution < -0.4 is 10.6 Å². The van der Waals surface area contributed by atoms with Gasteiger partial charge in [0.2, 0.25) is 5.91 Å². The highest BCUT2D eigenvalue weighted by Crippen LogP contribution is 2.24. The van der Waals surface area contributed by atoms with Gasteiger partial charge in [-0.25, -0.2) is 0 Å². The molecule has 2 aliphatic rings. The van der Waals surface area contributed by atoms with Crippen LogP contribution >= 0.6 is 0 Å². The van der Waals surface area contributed by atoms with Crippen molar-refractivity contribution in [2.75, 3.05) is 39.8 Å². The summed E-state index contributed by atoms with van der Waals surface area (Å²) in [4.78, 5) is 21.2. The van der Waals surface area contributed by atoms with Gasteiger partial charge in [0.15, 0.2) is 5.96 Å². The number of fused-ring (bicyclic) bond motifs is 1. The number of hydrogen-bond acceptors (Lipinski definition) is 4. The SMILES string of the molecule is CN=C(NCC(=O)NC(C)(C)C)N1CC2OCCN(Cc3ccccc3)C2C1. The molecule has 1 amide bonds. The summed E-state index contributed by atoms with van der Waals surface area (Å²) in [6.45, 7) is 10.4. The van der Waals surface area contributed by atoms with E-state index in [-0.39, 0.29) is 24.1 Å². The molecule has 7 nitrogen and oxygen atoms in total. The van der Waals surface area contributed by atoms with E-state index in [1.807, 2.05) is 26.8 Å². The van der Waals surface area contributed by atoms with Crippen molar-refractivity contribution in [2.24, 2.45) is 4.99 Å². The van der Waals surface area contributed by atoms with Gasteiger partial charge in [-0.2, -0.15) is 0 Å². The van der Waals surface area contributed by atoms with E-state index in [0.717, 1.165) is 38.7 Å².